The van der Waals surface area contributed by atoms with Gasteiger partial charge in [0.25, 0.3) is 5.56 Å². The number of fused-ring (bicyclic) bond motifs is 3. The molecular weight excluding hydrogens is 601 g/mol. The summed E-state index contributed by atoms with van der Waals surface area (Å²) < 4.78 is 9.98. The first kappa shape index (κ1) is 21.1. The summed E-state index contributed by atoms with van der Waals surface area (Å²) in [6.45, 7) is 0.293. The molecule has 8 heteroatoms. The molecule has 0 aliphatic carbocycles. The average molecular weight is 614 g/mol. The normalized spacial score (nSPS) is 11.8. The summed E-state index contributed by atoms with van der Waals surface area (Å²) in [5.74, 6) is 0.699. The maximum absolute atomic E-state index is 13.0. The zero-order valence-corrected chi connectivity index (χ0v) is 20.9. The van der Waals surface area contributed by atoms with E-state index >= 15 is 0 Å². The molecule has 32 heavy (non-hydrogen) atoms. The standard InChI is InChI=1S/C24H13BrIN3O2S/c25-17-9-14(10-18(26)22(17)31-13-16-6-2-1-5-15(16)12-27)11-21-23(30)29-20-8-4-3-7-19(20)28-24(29)32-21/h1-11H,13H2/b21-11-. The third-order valence-electron chi connectivity index (χ3n) is 4.97. The molecule has 0 unspecified atom stereocenters. The fraction of sp³-hybridized carbons (Fsp3) is 0.0417. The van der Waals surface area contributed by atoms with Gasteiger partial charge in [0, 0.05) is 5.56 Å². The number of thiazole rings is 1. The van der Waals surface area contributed by atoms with Crippen molar-refractivity contribution in [1.82, 2.24) is 9.38 Å². The molecular formula is C24H13BrIN3O2S. The largest absolute Gasteiger partial charge is 0.487 e. The highest BCUT2D eigenvalue weighted by Crippen LogP contribution is 2.33. The number of halogens is 2. The van der Waals surface area contributed by atoms with Crippen LogP contribution in [0, 0.1) is 14.9 Å². The van der Waals surface area contributed by atoms with Crippen LogP contribution in [0.5, 0.6) is 5.75 Å². The molecule has 0 atom stereocenters. The number of nitriles is 1. The Kier molecular flexibility index (Phi) is 5.71. The van der Waals surface area contributed by atoms with Gasteiger partial charge >= 0.3 is 0 Å². The highest BCUT2D eigenvalue weighted by Gasteiger charge is 2.13. The summed E-state index contributed by atoms with van der Waals surface area (Å²) in [7, 11) is 0. The van der Waals surface area contributed by atoms with Crippen molar-refractivity contribution in [2.45, 2.75) is 6.61 Å². The number of nitrogens with zero attached hydrogens (tertiary/aromatic N) is 3. The Morgan fingerprint density at radius 3 is 2.78 bits per heavy atom. The zero-order valence-electron chi connectivity index (χ0n) is 16.4. The van der Waals surface area contributed by atoms with Crippen LogP contribution >= 0.6 is 49.9 Å². The van der Waals surface area contributed by atoms with Gasteiger partial charge in [0.05, 0.1) is 35.2 Å². The molecule has 5 nitrogen and oxygen atoms in total. The van der Waals surface area contributed by atoms with Gasteiger partial charge in [0.2, 0.25) is 0 Å². The van der Waals surface area contributed by atoms with Gasteiger partial charge in [-0.2, -0.15) is 5.26 Å². The monoisotopic (exact) mass is 613 g/mol. The fourth-order valence-corrected chi connectivity index (χ4v) is 6.22. The number of hydrogen-bond acceptors (Lipinski definition) is 5. The number of imidazole rings is 1. The maximum atomic E-state index is 13.0. The van der Waals surface area contributed by atoms with Crippen LogP contribution in [0.25, 0.3) is 22.1 Å². The number of para-hydroxylation sites is 2. The van der Waals surface area contributed by atoms with E-state index in [0.29, 0.717) is 27.4 Å². The molecule has 3 aromatic carbocycles. The lowest BCUT2D eigenvalue weighted by Crippen LogP contribution is -2.22. The lowest BCUT2D eigenvalue weighted by molar-refractivity contribution is 0.301. The molecule has 0 N–H and O–H groups in total. The molecule has 5 aromatic rings. The predicted molar refractivity (Wildman–Crippen MR) is 138 cm³/mol. The molecule has 0 aliphatic rings. The highest BCUT2D eigenvalue weighted by molar-refractivity contribution is 14.1. The van der Waals surface area contributed by atoms with E-state index in [2.05, 4.69) is 49.6 Å². The van der Waals surface area contributed by atoms with E-state index in [-0.39, 0.29) is 5.56 Å². The van der Waals surface area contributed by atoms with Crippen LogP contribution in [-0.4, -0.2) is 9.38 Å². The lowest BCUT2D eigenvalue weighted by atomic mass is 10.1. The maximum Gasteiger partial charge on any atom is 0.274 e. The van der Waals surface area contributed by atoms with Crippen LogP contribution in [0.2, 0.25) is 0 Å². The van der Waals surface area contributed by atoms with Crippen molar-refractivity contribution in [2.24, 2.45) is 0 Å². The Hall–Kier alpha value is -2.74. The minimum Gasteiger partial charge on any atom is -0.487 e. The van der Waals surface area contributed by atoms with E-state index in [9.17, 15) is 10.1 Å². The van der Waals surface area contributed by atoms with E-state index in [4.69, 9.17) is 4.74 Å². The quantitative estimate of drug-likeness (QED) is 0.259. The van der Waals surface area contributed by atoms with Gasteiger partial charge in [0.1, 0.15) is 12.4 Å². The molecule has 0 saturated heterocycles. The average Bonchev–Trinajstić information content (AvgIpc) is 3.29. The number of ether oxygens (including phenoxy) is 1. The second kappa shape index (κ2) is 8.65. The number of hydrogen-bond donors (Lipinski definition) is 0. The Labute approximate surface area is 208 Å². The molecule has 156 valence electrons. The molecule has 0 fully saturated rings. The Morgan fingerprint density at radius 1 is 1.19 bits per heavy atom. The first-order valence-electron chi connectivity index (χ1n) is 9.57. The van der Waals surface area contributed by atoms with Crippen LogP contribution in [-0.2, 0) is 6.61 Å². The van der Waals surface area contributed by atoms with E-state index in [1.54, 1.807) is 10.5 Å². The SMILES string of the molecule is N#Cc1ccccc1COc1c(Br)cc(/C=c2\sc3nc4ccccc4n3c2=O)cc1I. The van der Waals surface area contributed by atoms with Crippen molar-refractivity contribution >= 4 is 71.9 Å². The van der Waals surface area contributed by atoms with Crippen LogP contribution in [0.1, 0.15) is 16.7 Å². The van der Waals surface area contributed by atoms with Crippen molar-refractivity contribution in [2.75, 3.05) is 0 Å². The zero-order chi connectivity index (χ0) is 22.2. The van der Waals surface area contributed by atoms with Crippen LogP contribution in [0.4, 0.5) is 0 Å². The van der Waals surface area contributed by atoms with E-state index in [1.165, 1.54) is 11.3 Å². The molecule has 0 aliphatic heterocycles. The van der Waals surface area contributed by atoms with Crippen molar-refractivity contribution < 1.29 is 4.74 Å². The summed E-state index contributed by atoms with van der Waals surface area (Å²) in [6.07, 6.45) is 1.87. The van der Waals surface area contributed by atoms with Gasteiger partial charge in [-0.15, -0.1) is 0 Å². The third kappa shape index (κ3) is 3.81. The number of aromatic nitrogens is 2. The summed E-state index contributed by atoms with van der Waals surface area (Å²) in [6, 6.07) is 21.1. The second-order valence-electron chi connectivity index (χ2n) is 7.01. The summed E-state index contributed by atoms with van der Waals surface area (Å²) in [4.78, 5) is 18.3. The van der Waals surface area contributed by atoms with Crippen molar-refractivity contribution in [3.63, 3.8) is 0 Å². The fourth-order valence-electron chi connectivity index (χ4n) is 3.47. The molecule has 0 radical (unpaired) electrons. The van der Waals surface area contributed by atoms with E-state index in [0.717, 1.165) is 30.2 Å². The van der Waals surface area contributed by atoms with Gasteiger partial charge in [-0.25, -0.2) is 9.38 Å². The number of benzene rings is 3. The molecule has 0 amide bonds. The summed E-state index contributed by atoms with van der Waals surface area (Å²) >= 11 is 7.18. The topological polar surface area (TPSA) is 67.4 Å². The van der Waals surface area contributed by atoms with E-state index in [1.807, 2.05) is 60.7 Å². The van der Waals surface area contributed by atoms with Crippen molar-refractivity contribution in [1.29, 1.82) is 5.26 Å². The molecule has 0 saturated carbocycles. The Morgan fingerprint density at radius 2 is 1.97 bits per heavy atom. The smallest absolute Gasteiger partial charge is 0.274 e. The summed E-state index contributed by atoms with van der Waals surface area (Å²) in [5, 5.41) is 9.27. The van der Waals surface area contributed by atoms with Gasteiger partial charge in [-0.3, -0.25) is 4.79 Å². The van der Waals surface area contributed by atoms with Crippen molar-refractivity contribution in [3.05, 3.63) is 100 Å². The molecule has 5 rings (SSSR count). The molecule has 2 aromatic heterocycles. The number of rotatable bonds is 4. The summed E-state index contributed by atoms with van der Waals surface area (Å²) in [5.41, 5.74) is 3.88. The van der Waals surface area contributed by atoms with Crippen LogP contribution < -0.4 is 14.8 Å². The molecule has 0 bridgehead atoms. The van der Waals surface area contributed by atoms with E-state index < -0.39 is 0 Å². The first-order valence-corrected chi connectivity index (χ1v) is 12.3. The Bertz CT molecular complexity index is 1630. The minimum atomic E-state index is -0.0710. The second-order valence-corrected chi connectivity index (χ2v) is 10.0. The van der Waals surface area contributed by atoms with Crippen molar-refractivity contribution in [3.8, 4) is 11.8 Å². The lowest BCUT2D eigenvalue weighted by Gasteiger charge is -2.12. The predicted octanol–water partition coefficient (Wildman–Crippen LogP) is 5.27. The van der Waals surface area contributed by atoms with Gasteiger partial charge < -0.3 is 4.74 Å². The third-order valence-corrected chi connectivity index (χ3v) is 7.33. The minimum absolute atomic E-state index is 0.0710. The van der Waals surface area contributed by atoms with Crippen LogP contribution in [0.15, 0.2) is 69.9 Å². The van der Waals surface area contributed by atoms with Gasteiger partial charge in [-0.05, 0) is 80.5 Å². The molecule has 2 heterocycles. The first-order chi connectivity index (χ1) is 15.5. The van der Waals surface area contributed by atoms with Crippen LogP contribution in [0.3, 0.4) is 0 Å². The Balaban J connectivity index is 1.49. The van der Waals surface area contributed by atoms with Gasteiger partial charge in [-0.1, -0.05) is 41.7 Å². The molecule has 0 spiro atoms. The highest BCUT2D eigenvalue weighted by atomic mass is 127. The van der Waals surface area contributed by atoms with Gasteiger partial charge in [0.15, 0.2) is 4.96 Å².